The average Bonchev–Trinajstić information content (AvgIpc) is 3.47. The molecule has 1 fully saturated rings. The predicted molar refractivity (Wildman–Crippen MR) is 144 cm³/mol. The Morgan fingerprint density at radius 3 is 2.48 bits per heavy atom. The summed E-state index contributed by atoms with van der Waals surface area (Å²) in [6.07, 6.45) is -2.70. The molecule has 40 heavy (non-hydrogen) atoms. The number of ether oxygens (including phenoxy) is 1. The van der Waals surface area contributed by atoms with Crippen LogP contribution in [0.4, 0.5) is 18.0 Å². The first-order valence-electron chi connectivity index (χ1n) is 13.4. The molecular weight excluding hydrogens is 551 g/mol. The van der Waals surface area contributed by atoms with Crippen LogP contribution >= 0.6 is 11.8 Å². The summed E-state index contributed by atoms with van der Waals surface area (Å²) < 4.78 is 51.0. The molecule has 1 aromatic heterocycles. The molecule has 1 aliphatic carbocycles. The number of aryl methyl sites for hydroxylation is 1. The molecule has 0 radical (unpaired) electrons. The van der Waals surface area contributed by atoms with Crippen molar-refractivity contribution in [3.05, 3.63) is 23.2 Å². The van der Waals surface area contributed by atoms with Crippen LogP contribution in [0, 0.1) is 12.8 Å². The van der Waals surface area contributed by atoms with Crippen molar-refractivity contribution in [2.75, 3.05) is 26.4 Å². The second kappa shape index (κ2) is 13.3. The number of rotatable bonds is 10. The molecule has 3 rings (SSSR count). The highest BCUT2D eigenvalue weighted by Gasteiger charge is 2.45. The summed E-state index contributed by atoms with van der Waals surface area (Å²) in [6, 6.07) is 0.239. The highest BCUT2D eigenvalue weighted by atomic mass is 32.2. The minimum absolute atomic E-state index is 0.0650. The lowest BCUT2D eigenvalue weighted by Gasteiger charge is -2.39. The van der Waals surface area contributed by atoms with Gasteiger partial charge in [0.25, 0.3) is 17.4 Å². The van der Waals surface area contributed by atoms with Crippen molar-refractivity contribution in [2.45, 2.75) is 83.8 Å². The fourth-order valence-electron chi connectivity index (χ4n) is 4.47. The van der Waals surface area contributed by atoms with Gasteiger partial charge in [-0.25, -0.2) is 4.79 Å². The Hall–Kier alpha value is -2.74. The fourth-order valence-corrected chi connectivity index (χ4v) is 5.41. The molecule has 1 atom stereocenters. The minimum Gasteiger partial charge on any atom is -0.456 e. The number of Topliss-reactive ketones (excluding diaryl/α,β-unsaturated/α-hetero) is 1. The van der Waals surface area contributed by atoms with Gasteiger partial charge in [0.1, 0.15) is 11.4 Å². The summed E-state index contributed by atoms with van der Waals surface area (Å²) in [7, 11) is 3.83. The molecule has 1 saturated carbocycles. The molecule has 2 aliphatic rings. The second-order valence-electron chi connectivity index (χ2n) is 10.9. The van der Waals surface area contributed by atoms with E-state index in [-0.39, 0.29) is 42.0 Å². The SMILES string of the molecule is Cc1cc(C(=O)NC2(NC(=O)N3N=C(SCCN(C)C)OC3C(=O)CCC(C)C)CCCCC2)c(C(F)(F)F)o1. The number of hydrazone groups is 1. The van der Waals surface area contributed by atoms with Gasteiger partial charge in [-0.3, -0.25) is 9.59 Å². The van der Waals surface area contributed by atoms with Crippen molar-refractivity contribution in [2.24, 2.45) is 11.0 Å². The normalized spacial score (nSPS) is 19.0. The maximum Gasteiger partial charge on any atom is 0.450 e. The van der Waals surface area contributed by atoms with Crippen LogP contribution in [0.3, 0.4) is 0 Å². The van der Waals surface area contributed by atoms with Crippen molar-refractivity contribution >= 4 is 34.7 Å². The van der Waals surface area contributed by atoms with Crippen molar-refractivity contribution in [3.8, 4) is 0 Å². The van der Waals surface area contributed by atoms with Crippen molar-refractivity contribution in [1.29, 1.82) is 0 Å². The molecule has 0 spiro atoms. The molecule has 0 saturated heterocycles. The Bertz CT molecular complexity index is 1100. The van der Waals surface area contributed by atoms with Gasteiger partial charge in [0, 0.05) is 18.7 Å². The first kappa shape index (κ1) is 31.8. The zero-order valence-electron chi connectivity index (χ0n) is 23.5. The van der Waals surface area contributed by atoms with Gasteiger partial charge in [-0.2, -0.15) is 18.2 Å². The Morgan fingerprint density at radius 1 is 1.20 bits per heavy atom. The summed E-state index contributed by atoms with van der Waals surface area (Å²) >= 11 is 1.26. The van der Waals surface area contributed by atoms with Crippen LogP contribution in [0.15, 0.2) is 15.6 Å². The zero-order chi connectivity index (χ0) is 29.7. The lowest BCUT2D eigenvalue weighted by atomic mass is 9.88. The third kappa shape index (κ3) is 8.38. The van der Waals surface area contributed by atoms with E-state index in [1.807, 2.05) is 32.8 Å². The topological polar surface area (TPSA) is 116 Å². The summed E-state index contributed by atoms with van der Waals surface area (Å²) in [4.78, 5) is 41.7. The van der Waals surface area contributed by atoms with Crippen molar-refractivity contribution in [3.63, 3.8) is 0 Å². The summed E-state index contributed by atoms with van der Waals surface area (Å²) in [6.45, 7) is 5.99. The van der Waals surface area contributed by atoms with Gasteiger partial charge in [0.15, 0.2) is 5.78 Å². The molecule has 14 heteroatoms. The van der Waals surface area contributed by atoms with E-state index < -0.39 is 41.3 Å². The monoisotopic (exact) mass is 589 g/mol. The van der Waals surface area contributed by atoms with Crippen LogP contribution in [0.1, 0.15) is 80.7 Å². The molecule has 3 amide bonds. The van der Waals surface area contributed by atoms with Gasteiger partial charge in [-0.15, -0.1) is 5.10 Å². The summed E-state index contributed by atoms with van der Waals surface area (Å²) in [5, 5.41) is 10.8. The van der Waals surface area contributed by atoms with Gasteiger partial charge in [-0.05, 0) is 65.1 Å². The predicted octanol–water partition coefficient (Wildman–Crippen LogP) is 4.94. The molecule has 0 bridgehead atoms. The van der Waals surface area contributed by atoms with Crippen molar-refractivity contribution < 1.29 is 36.7 Å². The van der Waals surface area contributed by atoms with Crippen LogP contribution in [0.25, 0.3) is 0 Å². The average molecular weight is 590 g/mol. The van der Waals surface area contributed by atoms with E-state index in [1.165, 1.54) is 18.7 Å². The number of amides is 3. The zero-order valence-corrected chi connectivity index (χ0v) is 24.3. The summed E-state index contributed by atoms with van der Waals surface area (Å²) in [5.74, 6) is -1.92. The van der Waals surface area contributed by atoms with Crippen LogP contribution in [0.2, 0.25) is 0 Å². The summed E-state index contributed by atoms with van der Waals surface area (Å²) in [5.41, 5.74) is -2.00. The minimum atomic E-state index is -4.87. The van der Waals surface area contributed by atoms with E-state index in [9.17, 15) is 27.6 Å². The number of ketones is 1. The van der Waals surface area contributed by atoms with Gasteiger partial charge < -0.3 is 24.7 Å². The highest BCUT2D eigenvalue weighted by molar-refractivity contribution is 8.13. The third-order valence-electron chi connectivity index (χ3n) is 6.60. The number of thioether (sulfide) groups is 1. The van der Waals surface area contributed by atoms with Gasteiger partial charge in [0.2, 0.25) is 5.76 Å². The van der Waals surface area contributed by atoms with E-state index in [0.717, 1.165) is 17.5 Å². The third-order valence-corrected chi connectivity index (χ3v) is 7.41. The second-order valence-corrected chi connectivity index (χ2v) is 11.9. The largest absolute Gasteiger partial charge is 0.456 e. The van der Waals surface area contributed by atoms with Gasteiger partial charge in [-0.1, -0.05) is 32.0 Å². The smallest absolute Gasteiger partial charge is 0.450 e. The standard InChI is InChI=1S/C26H38F3N5O5S/c1-16(2)9-10-19(35)22-34(32-24(39-22)40-14-13-33(4)5)23(37)31-25(11-7-6-8-12-25)30-21(36)18-15-17(3)38-20(18)26(27,28)29/h15-16,22H,6-14H2,1-5H3,(H,30,36)(H,31,37). The number of alkyl halides is 3. The first-order valence-corrected chi connectivity index (χ1v) is 14.4. The number of nitrogens with one attached hydrogen (secondary N) is 2. The number of hydrogen-bond acceptors (Lipinski definition) is 8. The van der Waals surface area contributed by atoms with E-state index in [0.29, 0.717) is 31.6 Å². The van der Waals surface area contributed by atoms with E-state index in [1.54, 1.807) is 0 Å². The lowest BCUT2D eigenvalue weighted by Crippen LogP contribution is -2.64. The number of furan rings is 1. The number of carbonyl (C=O) groups excluding carboxylic acids is 3. The van der Waals surface area contributed by atoms with Crippen LogP contribution in [-0.4, -0.2) is 71.1 Å². The maximum absolute atomic E-state index is 13.6. The molecule has 2 N–H and O–H groups in total. The number of carbonyl (C=O) groups is 3. The Labute approximate surface area is 236 Å². The van der Waals surface area contributed by atoms with Crippen LogP contribution in [0.5, 0.6) is 0 Å². The Balaban J connectivity index is 1.82. The molecule has 1 aromatic rings. The Kier molecular flexibility index (Phi) is 10.6. The first-order chi connectivity index (χ1) is 18.7. The molecule has 2 heterocycles. The molecule has 1 aliphatic heterocycles. The number of urea groups is 1. The van der Waals surface area contributed by atoms with Crippen LogP contribution in [-0.2, 0) is 15.7 Å². The fraction of sp³-hybridized carbons (Fsp3) is 0.692. The number of hydrogen-bond donors (Lipinski definition) is 2. The number of nitrogens with zero attached hydrogens (tertiary/aromatic N) is 3. The molecular formula is C26H38F3N5O5S. The van der Waals surface area contributed by atoms with Gasteiger partial charge >= 0.3 is 12.2 Å². The molecule has 224 valence electrons. The quantitative estimate of drug-likeness (QED) is 0.372. The highest BCUT2D eigenvalue weighted by Crippen LogP contribution is 2.35. The Morgan fingerprint density at radius 2 is 1.88 bits per heavy atom. The molecule has 0 aromatic carbocycles. The number of halogens is 3. The van der Waals surface area contributed by atoms with Crippen molar-refractivity contribution in [1.82, 2.24) is 20.5 Å². The molecule has 1 unspecified atom stereocenters. The van der Waals surface area contributed by atoms with E-state index >= 15 is 0 Å². The molecule has 10 nitrogen and oxygen atoms in total. The van der Waals surface area contributed by atoms with E-state index in [4.69, 9.17) is 9.15 Å². The van der Waals surface area contributed by atoms with Gasteiger partial charge in [0.05, 0.1) is 5.56 Å². The lowest BCUT2D eigenvalue weighted by molar-refractivity contribution is -0.153. The van der Waals surface area contributed by atoms with Crippen LogP contribution < -0.4 is 10.6 Å². The maximum atomic E-state index is 13.6. The van der Waals surface area contributed by atoms with E-state index in [2.05, 4.69) is 15.7 Å².